The Bertz CT molecular complexity index is 247. The molecule has 0 atom stereocenters. The summed E-state index contributed by atoms with van der Waals surface area (Å²) in [7, 11) is 0. The Morgan fingerprint density at radius 1 is 1.45 bits per heavy atom. The van der Waals surface area contributed by atoms with Crippen molar-refractivity contribution in [3.05, 3.63) is 23.5 Å². The predicted octanol–water partition coefficient (Wildman–Crippen LogP) is 0.483. The van der Waals surface area contributed by atoms with Gasteiger partial charge in [-0.15, -0.1) is 5.10 Å². The van der Waals surface area contributed by atoms with E-state index in [1.807, 2.05) is 0 Å². The van der Waals surface area contributed by atoms with Gasteiger partial charge in [-0.3, -0.25) is 0 Å². The number of carboxylic acids is 1. The first-order chi connectivity index (χ1) is 4.70. The fourth-order valence-corrected chi connectivity index (χ4v) is 0.513. The van der Waals surface area contributed by atoms with Crippen LogP contribution < -0.4 is 0 Å². The quantitative estimate of drug-likeness (QED) is 0.788. The van der Waals surface area contributed by atoms with Gasteiger partial charge in [0.2, 0.25) is 0 Å². The van der Waals surface area contributed by atoms with Crippen molar-refractivity contribution in [2.24, 2.45) is 0 Å². The van der Waals surface area contributed by atoms with Gasteiger partial charge in [-0.1, -0.05) is 0 Å². The van der Waals surface area contributed by atoms with Crippen molar-refractivity contribution < 1.29 is 54.9 Å². The van der Waals surface area contributed by atoms with E-state index >= 15 is 0 Å². The second kappa shape index (κ2) is 4.81. The van der Waals surface area contributed by atoms with Crippen LogP contribution in [0.15, 0.2) is 12.1 Å². The zero-order valence-electron chi connectivity index (χ0n) is 6.11. The molecule has 4 nitrogen and oxygen atoms in total. The molecule has 0 amide bonds. The van der Waals surface area contributed by atoms with E-state index in [-0.39, 0.29) is 50.7 Å². The van der Waals surface area contributed by atoms with Gasteiger partial charge in [-0.2, -0.15) is 5.10 Å². The predicted molar refractivity (Wildman–Crippen MR) is 33.7 cm³/mol. The minimum absolute atomic E-state index is 0. The summed E-state index contributed by atoms with van der Waals surface area (Å²) in [6.45, 7) is 1.75. The average Bonchev–Trinajstić information content (AvgIpc) is 1.88. The molecule has 0 aliphatic rings. The van der Waals surface area contributed by atoms with Gasteiger partial charge in [0.05, 0.1) is 5.69 Å². The van der Waals surface area contributed by atoms with Crippen LogP contribution in [0.1, 0.15) is 16.2 Å². The van der Waals surface area contributed by atoms with Crippen molar-refractivity contribution in [2.75, 3.05) is 0 Å². The summed E-state index contributed by atoms with van der Waals surface area (Å²) >= 11 is 0. The summed E-state index contributed by atoms with van der Waals surface area (Å²) < 4.78 is 0. The first-order valence-corrected chi connectivity index (χ1v) is 2.74. The fourth-order valence-electron chi connectivity index (χ4n) is 0.513. The number of aromatic nitrogens is 2. The van der Waals surface area contributed by atoms with Crippen molar-refractivity contribution in [1.29, 1.82) is 0 Å². The second-order valence-electron chi connectivity index (χ2n) is 1.87. The van der Waals surface area contributed by atoms with Crippen LogP contribution >= 0.6 is 0 Å². The molecule has 1 aromatic rings. The largest absolute Gasteiger partial charge is 0.476 e. The first-order valence-electron chi connectivity index (χ1n) is 2.74. The van der Waals surface area contributed by atoms with E-state index in [0.717, 1.165) is 0 Å². The molecular weight excluding hydrogens is 358 g/mol. The third kappa shape index (κ3) is 3.28. The minimum Gasteiger partial charge on any atom is -0.476 e. The van der Waals surface area contributed by atoms with E-state index in [1.54, 1.807) is 13.0 Å². The maximum atomic E-state index is 10.2. The molecule has 0 saturated carbocycles. The van der Waals surface area contributed by atoms with E-state index in [9.17, 15) is 4.79 Å². The molecule has 1 rings (SSSR count). The normalized spacial score (nSPS) is 8.45. The molecule has 11 heavy (non-hydrogen) atoms. The monoisotopic (exact) mass is 364 g/mol. The van der Waals surface area contributed by atoms with E-state index in [0.29, 0.717) is 5.69 Å². The van der Waals surface area contributed by atoms with E-state index in [2.05, 4.69) is 10.2 Å². The van der Waals surface area contributed by atoms with Crippen LogP contribution in [0, 0.1) is 51.9 Å². The number of aryl methyl sites for hydroxylation is 1. The third-order valence-corrected chi connectivity index (χ3v) is 1.02. The SMILES string of the molecule is Cc1ccc(C(=O)O)nn1.[Ra]. The Morgan fingerprint density at radius 3 is 2.45 bits per heavy atom. The first kappa shape index (κ1) is 11.0. The van der Waals surface area contributed by atoms with Gasteiger partial charge in [-0.05, 0) is 19.1 Å². The summed E-state index contributed by atoms with van der Waals surface area (Å²) in [5.74, 6) is -1.05. The van der Waals surface area contributed by atoms with Crippen LogP contribution in [-0.4, -0.2) is 21.3 Å². The van der Waals surface area contributed by atoms with Crippen molar-refractivity contribution in [2.45, 2.75) is 6.92 Å². The van der Waals surface area contributed by atoms with Crippen molar-refractivity contribution >= 4 is 5.97 Å². The van der Waals surface area contributed by atoms with Gasteiger partial charge < -0.3 is 5.11 Å². The van der Waals surface area contributed by atoms with E-state index in [4.69, 9.17) is 5.11 Å². The van der Waals surface area contributed by atoms with Crippen LogP contribution in [0.5, 0.6) is 0 Å². The molecule has 1 aromatic heterocycles. The molecule has 1 heterocycles. The van der Waals surface area contributed by atoms with Crippen LogP contribution in [0.25, 0.3) is 0 Å². The minimum atomic E-state index is -1.05. The van der Waals surface area contributed by atoms with E-state index in [1.165, 1.54) is 6.07 Å². The van der Waals surface area contributed by atoms with Crippen molar-refractivity contribution in [3.8, 4) is 0 Å². The summed E-state index contributed by atoms with van der Waals surface area (Å²) in [6.07, 6.45) is 0. The zero-order chi connectivity index (χ0) is 7.56. The number of rotatable bonds is 1. The number of nitrogens with zero attached hydrogens (tertiary/aromatic N) is 2. The third-order valence-electron chi connectivity index (χ3n) is 1.02. The Kier molecular flexibility index (Phi) is 4.81. The molecule has 0 spiro atoms. The van der Waals surface area contributed by atoms with Crippen molar-refractivity contribution in [3.63, 3.8) is 0 Å². The summed E-state index contributed by atoms with van der Waals surface area (Å²) in [5, 5.41) is 15.4. The van der Waals surface area contributed by atoms with Gasteiger partial charge >= 0.3 is 5.97 Å². The van der Waals surface area contributed by atoms with Crippen LogP contribution in [0.2, 0.25) is 0 Å². The Hall–Kier alpha value is 0.0175. The molecule has 0 fully saturated rings. The van der Waals surface area contributed by atoms with Gasteiger partial charge in [0.15, 0.2) is 5.69 Å². The summed E-state index contributed by atoms with van der Waals surface area (Å²) in [4.78, 5) is 10.2. The molecule has 2 radical (unpaired) electrons. The zero-order valence-corrected chi connectivity index (χ0v) is 11.9. The smallest absolute Gasteiger partial charge is 0.356 e. The Balaban J connectivity index is 0.000001000. The molecule has 1 N–H and O–H groups in total. The van der Waals surface area contributed by atoms with Crippen LogP contribution in [0.3, 0.4) is 0 Å². The van der Waals surface area contributed by atoms with Crippen LogP contribution in [0.4, 0.5) is 0 Å². The Labute approximate surface area is 100 Å². The van der Waals surface area contributed by atoms with Gasteiger partial charge in [-0.25, -0.2) is 4.79 Å². The Morgan fingerprint density at radius 2 is 2.09 bits per heavy atom. The molecule has 0 saturated heterocycles. The number of carbonyl (C=O) groups is 1. The number of hydrogen-bond donors (Lipinski definition) is 1. The number of aromatic carboxylic acids is 1. The van der Waals surface area contributed by atoms with Gasteiger partial charge in [0, 0.05) is 45.0 Å². The fraction of sp³-hybridized carbons (Fsp3) is 0.167. The average molecular weight is 364 g/mol. The van der Waals surface area contributed by atoms with Gasteiger partial charge in [0.1, 0.15) is 0 Å². The van der Waals surface area contributed by atoms with Crippen LogP contribution in [-0.2, 0) is 0 Å². The summed E-state index contributed by atoms with van der Waals surface area (Å²) in [6, 6.07) is 3.03. The van der Waals surface area contributed by atoms with Crippen molar-refractivity contribution in [1.82, 2.24) is 10.2 Å². The van der Waals surface area contributed by atoms with Gasteiger partial charge in [0.25, 0.3) is 0 Å². The molecular formula is C6H6N2O2Ra. The molecule has 5 heteroatoms. The molecule has 0 aliphatic heterocycles. The summed E-state index contributed by atoms with van der Waals surface area (Å²) in [5.41, 5.74) is 0.690. The molecule has 0 unspecified atom stereocenters. The molecule has 54 valence electrons. The maximum absolute atomic E-state index is 10.2. The maximum Gasteiger partial charge on any atom is 0.356 e. The molecule has 0 aromatic carbocycles. The molecule has 0 bridgehead atoms. The second-order valence-corrected chi connectivity index (χ2v) is 1.87. The number of carboxylic acid groups (broad SMARTS) is 1. The van der Waals surface area contributed by atoms with E-state index < -0.39 is 5.97 Å². The topological polar surface area (TPSA) is 63.1 Å². The number of hydrogen-bond acceptors (Lipinski definition) is 3. The standard InChI is InChI=1S/C6H6N2O2.Ra/c1-4-2-3-5(6(9)10)8-7-4;/h2-3H,1H3,(H,9,10);. The molecule has 0 aliphatic carbocycles.